The van der Waals surface area contributed by atoms with Crippen molar-refractivity contribution in [3.05, 3.63) is 0 Å². The van der Waals surface area contributed by atoms with Crippen LogP contribution in [0.1, 0.15) is 40.5 Å². The van der Waals surface area contributed by atoms with Crippen LogP contribution >= 0.6 is 0 Å². The summed E-state index contributed by atoms with van der Waals surface area (Å²) in [6, 6.07) is 0. The Morgan fingerprint density at radius 1 is 0.750 bits per heavy atom. The van der Waals surface area contributed by atoms with Gasteiger partial charge in [0.2, 0.25) is 0 Å². The van der Waals surface area contributed by atoms with Crippen LogP contribution in [-0.2, 0) is 38.1 Å². The van der Waals surface area contributed by atoms with E-state index in [0.29, 0.717) is 0 Å². The zero-order chi connectivity index (χ0) is 18.7. The molecule has 0 aromatic heterocycles. The predicted octanol–water partition coefficient (Wildman–Crippen LogP) is 1.25. The lowest BCUT2D eigenvalue weighted by atomic mass is 10.2. The maximum atomic E-state index is 11.7. The van der Waals surface area contributed by atoms with E-state index in [1.165, 1.54) is 7.11 Å². The zero-order valence-electron chi connectivity index (χ0n) is 14.8. The topological polar surface area (TPSA) is 105 Å². The van der Waals surface area contributed by atoms with E-state index >= 15 is 0 Å². The first-order chi connectivity index (χ1) is 11.2. The average Bonchev–Trinajstić information content (AvgIpc) is 2.53. The van der Waals surface area contributed by atoms with Crippen molar-refractivity contribution in [2.45, 2.75) is 46.6 Å². The van der Waals surface area contributed by atoms with Crippen molar-refractivity contribution in [3.8, 4) is 0 Å². The Kier molecular flexibility index (Phi) is 10.4. The van der Waals surface area contributed by atoms with Gasteiger partial charge < -0.3 is 18.9 Å². The third kappa shape index (κ3) is 9.81. The van der Waals surface area contributed by atoms with Gasteiger partial charge in [0, 0.05) is 0 Å². The van der Waals surface area contributed by atoms with Crippen LogP contribution < -0.4 is 0 Å². The molecule has 0 radical (unpaired) electrons. The van der Waals surface area contributed by atoms with Gasteiger partial charge in [0.25, 0.3) is 0 Å². The van der Waals surface area contributed by atoms with Gasteiger partial charge >= 0.3 is 23.9 Å². The van der Waals surface area contributed by atoms with E-state index < -0.39 is 30.0 Å². The highest BCUT2D eigenvalue weighted by Crippen LogP contribution is 2.05. The summed E-state index contributed by atoms with van der Waals surface area (Å²) in [7, 11) is 1.22. The summed E-state index contributed by atoms with van der Waals surface area (Å²) < 4.78 is 19.5. The Labute approximate surface area is 141 Å². The number of rotatable bonds is 10. The molecule has 0 heterocycles. The molecule has 0 aliphatic rings. The molecule has 0 saturated heterocycles. The van der Waals surface area contributed by atoms with E-state index in [2.05, 4.69) is 4.74 Å². The van der Waals surface area contributed by atoms with Crippen molar-refractivity contribution in [2.24, 2.45) is 11.8 Å². The number of methoxy groups -OCH3 is 1. The normalized spacial score (nSPS) is 10.7. The first-order valence-electron chi connectivity index (χ1n) is 7.76. The predicted molar refractivity (Wildman–Crippen MR) is 82.7 cm³/mol. The van der Waals surface area contributed by atoms with Crippen molar-refractivity contribution in [1.29, 1.82) is 0 Å². The van der Waals surface area contributed by atoms with Gasteiger partial charge in [-0.3, -0.25) is 19.2 Å². The summed E-state index contributed by atoms with van der Waals surface area (Å²) in [5.74, 6) is -2.80. The molecule has 0 aliphatic heterocycles. The van der Waals surface area contributed by atoms with Crippen molar-refractivity contribution < 1.29 is 38.1 Å². The number of ether oxygens (including phenoxy) is 4. The summed E-state index contributed by atoms with van der Waals surface area (Å²) in [5, 5.41) is 0. The van der Waals surface area contributed by atoms with Crippen LogP contribution in [0.3, 0.4) is 0 Å². The molecular weight excluding hydrogens is 320 g/mol. The Hall–Kier alpha value is -2.12. The molecule has 0 unspecified atom stereocenters. The maximum Gasteiger partial charge on any atom is 0.308 e. The van der Waals surface area contributed by atoms with Gasteiger partial charge in [0.1, 0.15) is 13.2 Å². The van der Waals surface area contributed by atoms with Crippen LogP contribution in [0.25, 0.3) is 0 Å². The van der Waals surface area contributed by atoms with Gasteiger partial charge in [-0.2, -0.15) is 0 Å². The molecule has 0 atom stereocenters. The second-order valence-electron chi connectivity index (χ2n) is 5.76. The zero-order valence-corrected chi connectivity index (χ0v) is 14.8. The lowest BCUT2D eigenvalue weighted by molar-refractivity contribution is -0.169. The fourth-order valence-corrected chi connectivity index (χ4v) is 1.35. The fraction of sp³-hybridized carbons (Fsp3) is 0.750. The second-order valence-corrected chi connectivity index (χ2v) is 5.76. The highest BCUT2D eigenvalue weighted by molar-refractivity contribution is 5.77. The molecule has 0 N–H and O–H groups in total. The Balaban J connectivity index is 4.54. The molecule has 138 valence electrons. The van der Waals surface area contributed by atoms with Crippen molar-refractivity contribution in [3.63, 3.8) is 0 Å². The Bertz CT molecular complexity index is 417. The number of hydrogen-bond acceptors (Lipinski definition) is 8. The van der Waals surface area contributed by atoms with Crippen LogP contribution in [0.2, 0.25) is 0 Å². The molecule has 24 heavy (non-hydrogen) atoms. The van der Waals surface area contributed by atoms with Gasteiger partial charge in [0.15, 0.2) is 6.10 Å². The minimum Gasteiger partial charge on any atom is -0.469 e. The van der Waals surface area contributed by atoms with Crippen molar-refractivity contribution >= 4 is 23.9 Å². The SMILES string of the molecule is COC(=O)CCC(=O)OC(COC(=O)C(C)C)COC(=O)C(C)C. The lowest BCUT2D eigenvalue weighted by Gasteiger charge is -2.19. The first-order valence-corrected chi connectivity index (χ1v) is 7.76. The first kappa shape index (κ1) is 21.9. The summed E-state index contributed by atoms with van der Waals surface area (Å²) in [5.41, 5.74) is 0. The molecule has 0 aliphatic carbocycles. The van der Waals surface area contributed by atoms with Crippen LogP contribution in [0.5, 0.6) is 0 Å². The molecule has 0 spiro atoms. The van der Waals surface area contributed by atoms with E-state index in [9.17, 15) is 19.2 Å². The maximum absolute atomic E-state index is 11.7. The van der Waals surface area contributed by atoms with E-state index in [1.54, 1.807) is 27.7 Å². The second kappa shape index (κ2) is 11.4. The summed E-state index contributed by atoms with van der Waals surface area (Å²) >= 11 is 0. The van der Waals surface area contributed by atoms with E-state index in [0.717, 1.165) is 0 Å². The van der Waals surface area contributed by atoms with Crippen LogP contribution in [0, 0.1) is 11.8 Å². The highest BCUT2D eigenvalue weighted by Gasteiger charge is 2.21. The Morgan fingerprint density at radius 2 is 1.17 bits per heavy atom. The minimum atomic E-state index is -0.930. The average molecular weight is 346 g/mol. The number of carbonyl (C=O) groups is 4. The van der Waals surface area contributed by atoms with Gasteiger partial charge in [-0.15, -0.1) is 0 Å². The van der Waals surface area contributed by atoms with E-state index in [-0.39, 0.29) is 37.9 Å². The Morgan fingerprint density at radius 3 is 1.54 bits per heavy atom. The molecule has 0 aromatic rings. The molecule has 0 saturated carbocycles. The van der Waals surface area contributed by atoms with Crippen molar-refractivity contribution in [1.82, 2.24) is 0 Å². The monoisotopic (exact) mass is 346 g/mol. The smallest absolute Gasteiger partial charge is 0.308 e. The number of esters is 4. The molecule has 0 amide bonds. The van der Waals surface area contributed by atoms with Crippen molar-refractivity contribution in [2.75, 3.05) is 20.3 Å². The number of carbonyl (C=O) groups excluding carboxylic acids is 4. The molecule has 8 heteroatoms. The molecule has 0 rings (SSSR count). The quantitative estimate of drug-likeness (QED) is 0.430. The third-order valence-corrected chi connectivity index (χ3v) is 2.82. The van der Waals surface area contributed by atoms with E-state index in [4.69, 9.17) is 14.2 Å². The summed E-state index contributed by atoms with van der Waals surface area (Å²) in [4.78, 5) is 45.7. The molecule has 8 nitrogen and oxygen atoms in total. The molecule has 0 fully saturated rings. The van der Waals surface area contributed by atoms with Gasteiger partial charge in [-0.25, -0.2) is 0 Å². The summed E-state index contributed by atoms with van der Waals surface area (Å²) in [6.45, 7) is 6.20. The van der Waals surface area contributed by atoms with Gasteiger partial charge in [0.05, 0.1) is 31.8 Å². The lowest BCUT2D eigenvalue weighted by Crippen LogP contribution is -2.32. The van der Waals surface area contributed by atoms with E-state index in [1.807, 2.05) is 0 Å². The molecular formula is C16H26O8. The summed E-state index contributed by atoms with van der Waals surface area (Å²) in [6.07, 6.45) is -1.24. The van der Waals surface area contributed by atoms with Crippen LogP contribution in [0.4, 0.5) is 0 Å². The molecule has 0 aromatic carbocycles. The van der Waals surface area contributed by atoms with Crippen LogP contribution in [0.15, 0.2) is 0 Å². The minimum absolute atomic E-state index is 0.125. The standard InChI is InChI=1S/C16H26O8/c1-10(2)15(19)22-8-12(9-23-16(20)11(3)4)24-14(18)7-6-13(17)21-5/h10-12H,6-9H2,1-5H3. The van der Waals surface area contributed by atoms with Crippen LogP contribution in [-0.4, -0.2) is 50.3 Å². The third-order valence-electron chi connectivity index (χ3n) is 2.82. The highest BCUT2D eigenvalue weighted by atomic mass is 16.6. The molecule has 0 bridgehead atoms. The largest absolute Gasteiger partial charge is 0.469 e. The fourth-order valence-electron chi connectivity index (χ4n) is 1.35. The number of hydrogen-bond donors (Lipinski definition) is 0. The van der Waals surface area contributed by atoms with Gasteiger partial charge in [-0.05, 0) is 0 Å². The van der Waals surface area contributed by atoms with Gasteiger partial charge in [-0.1, -0.05) is 27.7 Å².